The molecule has 3 amide bonds. The molecule has 0 unspecified atom stereocenters. The molecule has 3 aromatic carbocycles. The number of nitrogens with zero attached hydrogens (tertiary/aromatic N) is 2. The molecule has 2 heterocycles. The Kier molecular flexibility index (Phi) is 7.07. The van der Waals surface area contributed by atoms with Crippen molar-refractivity contribution in [3.05, 3.63) is 90.0 Å². The van der Waals surface area contributed by atoms with Gasteiger partial charge in [-0.05, 0) is 29.7 Å². The van der Waals surface area contributed by atoms with E-state index in [-0.39, 0.29) is 43.7 Å². The van der Waals surface area contributed by atoms with Crippen LogP contribution in [0.3, 0.4) is 0 Å². The van der Waals surface area contributed by atoms with Crippen LogP contribution in [0.2, 0.25) is 0 Å². The topological polar surface area (TPSA) is 88.2 Å². The third-order valence-electron chi connectivity index (χ3n) is 6.75. The summed E-state index contributed by atoms with van der Waals surface area (Å²) in [5.41, 5.74) is 2.97. The molecule has 1 fully saturated rings. The summed E-state index contributed by atoms with van der Waals surface area (Å²) >= 11 is 0. The van der Waals surface area contributed by atoms with E-state index in [2.05, 4.69) is 5.32 Å². The molecule has 0 aliphatic carbocycles. The van der Waals surface area contributed by atoms with Crippen molar-refractivity contribution < 1.29 is 23.9 Å². The summed E-state index contributed by atoms with van der Waals surface area (Å²) < 4.78 is 11.6. The van der Waals surface area contributed by atoms with Crippen LogP contribution in [0.1, 0.15) is 22.3 Å². The molecular weight excluding hydrogens is 470 g/mol. The zero-order valence-electron chi connectivity index (χ0n) is 20.6. The van der Waals surface area contributed by atoms with E-state index < -0.39 is 6.09 Å². The van der Waals surface area contributed by atoms with Crippen LogP contribution in [-0.4, -0.2) is 66.5 Å². The van der Waals surface area contributed by atoms with Gasteiger partial charge in [0.25, 0.3) is 5.91 Å². The van der Waals surface area contributed by atoms with Crippen molar-refractivity contribution in [1.82, 2.24) is 15.1 Å². The van der Waals surface area contributed by atoms with Crippen LogP contribution >= 0.6 is 0 Å². The van der Waals surface area contributed by atoms with Crippen molar-refractivity contribution in [2.45, 2.75) is 25.1 Å². The van der Waals surface area contributed by atoms with Crippen molar-refractivity contribution in [3.8, 4) is 16.9 Å². The summed E-state index contributed by atoms with van der Waals surface area (Å²) in [7, 11) is 1.63. The van der Waals surface area contributed by atoms with Crippen LogP contribution in [0.4, 0.5) is 4.79 Å². The Hall–Kier alpha value is -4.33. The van der Waals surface area contributed by atoms with Crippen molar-refractivity contribution in [2.75, 3.05) is 26.7 Å². The number of hydrogen-bond acceptors (Lipinski definition) is 5. The number of carbonyl (C=O) groups is 3. The number of nitrogens with one attached hydrogen (secondary N) is 1. The monoisotopic (exact) mass is 499 g/mol. The maximum atomic E-state index is 13.3. The first-order chi connectivity index (χ1) is 18.0. The highest BCUT2D eigenvalue weighted by Gasteiger charge is 2.38. The molecule has 0 bridgehead atoms. The highest BCUT2D eigenvalue weighted by Crippen LogP contribution is 2.34. The molecule has 0 aromatic heterocycles. The number of hydrogen-bond donors (Lipinski definition) is 1. The van der Waals surface area contributed by atoms with Gasteiger partial charge < -0.3 is 24.6 Å². The van der Waals surface area contributed by atoms with Gasteiger partial charge in [-0.25, -0.2) is 4.79 Å². The predicted molar refractivity (Wildman–Crippen MR) is 138 cm³/mol. The molecule has 3 aromatic rings. The number of ether oxygens (including phenoxy) is 2. The highest BCUT2D eigenvalue weighted by molar-refractivity contribution is 6.02. The summed E-state index contributed by atoms with van der Waals surface area (Å²) in [4.78, 5) is 42.2. The van der Waals surface area contributed by atoms with E-state index in [0.29, 0.717) is 24.3 Å². The van der Waals surface area contributed by atoms with Gasteiger partial charge in [0.15, 0.2) is 0 Å². The largest absolute Gasteiger partial charge is 0.491 e. The van der Waals surface area contributed by atoms with Crippen LogP contribution in [0, 0.1) is 0 Å². The van der Waals surface area contributed by atoms with Crippen LogP contribution in [0.15, 0.2) is 78.9 Å². The Labute approximate surface area is 215 Å². The predicted octanol–water partition coefficient (Wildman–Crippen LogP) is 3.71. The van der Waals surface area contributed by atoms with Gasteiger partial charge in [0.2, 0.25) is 5.91 Å². The molecule has 2 atom stereocenters. The minimum atomic E-state index is -0.533. The molecule has 8 heteroatoms. The van der Waals surface area contributed by atoms with E-state index in [1.807, 2.05) is 72.8 Å². The average molecular weight is 500 g/mol. The SMILES string of the molecule is CN1CC(=O)N2C[C@H](NC(=O)OCc3ccccc3)C[C@H]2COc2ccccc2-c2ccccc2C1=O. The number of amides is 3. The number of benzene rings is 3. The normalized spacial score (nSPS) is 19.5. The molecular formula is C29H29N3O5. The first kappa shape index (κ1) is 24.4. The summed E-state index contributed by atoms with van der Waals surface area (Å²) in [5, 5.41) is 2.88. The van der Waals surface area contributed by atoms with E-state index >= 15 is 0 Å². The van der Waals surface area contributed by atoms with Gasteiger partial charge in [-0.1, -0.05) is 66.7 Å². The Balaban J connectivity index is 1.35. The maximum Gasteiger partial charge on any atom is 0.407 e. The molecule has 0 radical (unpaired) electrons. The summed E-state index contributed by atoms with van der Waals surface area (Å²) in [6.45, 7) is 0.669. The van der Waals surface area contributed by atoms with E-state index in [9.17, 15) is 14.4 Å². The van der Waals surface area contributed by atoms with E-state index in [1.165, 1.54) is 4.90 Å². The molecule has 8 nitrogen and oxygen atoms in total. The Bertz CT molecular complexity index is 1300. The third-order valence-corrected chi connectivity index (χ3v) is 6.75. The van der Waals surface area contributed by atoms with Gasteiger partial charge >= 0.3 is 6.09 Å². The molecule has 0 spiro atoms. The van der Waals surface area contributed by atoms with Crippen LogP contribution in [0.25, 0.3) is 11.1 Å². The zero-order chi connectivity index (χ0) is 25.8. The Morgan fingerprint density at radius 2 is 1.62 bits per heavy atom. The zero-order valence-corrected chi connectivity index (χ0v) is 20.6. The first-order valence-corrected chi connectivity index (χ1v) is 12.3. The fourth-order valence-electron chi connectivity index (χ4n) is 4.89. The number of para-hydroxylation sites is 1. The van der Waals surface area contributed by atoms with Crippen molar-refractivity contribution in [3.63, 3.8) is 0 Å². The highest BCUT2D eigenvalue weighted by atomic mass is 16.5. The fourth-order valence-corrected chi connectivity index (χ4v) is 4.89. The smallest absolute Gasteiger partial charge is 0.407 e. The van der Waals surface area contributed by atoms with Crippen LogP contribution in [0.5, 0.6) is 5.75 Å². The van der Waals surface area contributed by atoms with Crippen LogP contribution in [-0.2, 0) is 16.1 Å². The average Bonchev–Trinajstić information content (AvgIpc) is 3.33. The third kappa shape index (κ3) is 5.43. The lowest BCUT2D eigenvalue weighted by atomic mass is 9.98. The minimum Gasteiger partial charge on any atom is -0.491 e. The number of likely N-dealkylation sites (N-methyl/N-ethyl adjacent to an activating group) is 1. The molecule has 5 rings (SSSR count). The Morgan fingerprint density at radius 1 is 0.946 bits per heavy atom. The molecule has 1 N–H and O–H groups in total. The summed E-state index contributed by atoms with van der Waals surface area (Å²) in [6, 6.07) is 23.8. The van der Waals surface area contributed by atoms with Gasteiger partial charge in [0.1, 0.15) is 19.0 Å². The number of carbonyl (C=O) groups excluding carboxylic acids is 3. The van der Waals surface area contributed by atoms with Crippen molar-refractivity contribution in [2.24, 2.45) is 0 Å². The van der Waals surface area contributed by atoms with Gasteiger partial charge in [-0.15, -0.1) is 0 Å². The lowest BCUT2D eigenvalue weighted by Gasteiger charge is -2.28. The van der Waals surface area contributed by atoms with Gasteiger partial charge in [-0.3, -0.25) is 9.59 Å². The Morgan fingerprint density at radius 3 is 2.41 bits per heavy atom. The summed E-state index contributed by atoms with van der Waals surface area (Å²) in [6.07, 6.45) is -0.0170. The second-order valence-electron chi connectivity index (χ2n) is 9.35. The molecule has 1 saturated heterocycles. The second-order valence-corrected chi connectivity index (χ2v) is 9.35. The molecule has 190 valence electrons. The maximum absolute atomic E-state index is 13.3. The molecule has 37 heavy (non-hydrogen) atoms. The van der Waals surface area contributed by atoms with Gasteiger partial charge in [-0.2, -0.15) is 0 Å². The van der Waals surface area contributed by atoms with Gasteiger partial charge in [0, 0.05) is 24.7 Å². The van der Waals surface area contributed by atoms with Crippen LogP contribution < -0.4 is 10.1 Å². The molecule has 0 saturated carbocycles. The van der Waals surface area contributed by atoms with E-state index in [4.69, 9.17) is 9.47 Å². The van der Waals surface area contributed by atoms with E-state index in [1.54, 1.807) is 18.0 Å². The summed E-state index contributed by atoms with van der Waals surface area (Å²) in [5.74, 6) is 0.198. The molecule has 2 aliphatic heterocycles. The lowest BCUT2D eigenvalue weighted by Crippen LogP contribution is -2.46. The second kappa shape index (κ2) is 10.7. The minimum absolute atomic E-state index is 0.0729. The van der Waals surface area contributed by atoms with Crippen molar-refractivity contribution in [1.29, 1.82) is 0 Å². The number of fused-ring (bicyclic) bond motifs is 4. The quantitative estimate of drug-likeness (QED) is 0.594. The van der Waals surface area contributed by atoms with Gasteiger partial charge in [0.05, 0.1) is 18.6 Å². The first-order valence-electron chi connectivity index (χ1n) is 12.3. The van der Waals surface area contributed by atoms with E-state index in [0.717, 1.165) is 16.7 Å². The molecule has 2 aliphatic rings. The lowest BCUT2D eigenvalue weighted by molar-refractivity contribution is -0.133. The fraction of sp³-hybridized carbons (Fsp3) is 0.276. The van der Waals surface area contributed by atoms with Crippen molar-refractivity contribution >= 4 is 17.9 Å². The standard InChI is InChI=1S/C29H29N3O5/c1-31-17-27(33)32-16-21(30-29(35)37-18-20-9-3-2-4-10-20)15-22(32)19-36-26-14-8-7-12-24(26)23-11-5-6-13-25(23)28(31)34/h2-14,21-22H,15-19H2,1H3,(H,30,35)/t21-,22+/m1/s1. The number of rotatable bonds is 3. The number of alkyl carbamates (subject to hydrolysis) is 1.